The van der Waals surface area contributed by atoms with Gasteiger partial charge in [-0.1, -0.05) is 46.8 Å². The standard InChI is InChI=1S/C22H28N2O2/c1-15(2)14-20(25)23-18-10-12-19(13-11-18)24-21(26)16-6-8-17(9-7-16)22(3,4)5/h6-13,15H,14H2,1-5H3,(H,23,25)(H,24,26). The van der Waals surface area contributed by atoms with Gasteiger partial charge >= 0.3 is 0 Å². The normalized spacial score (nSPS) is 11.3. The van der Waals surface area contributed by atoms with Crippen molar-refractivity contribution >= 4 is 23.2 Å². The molecule has 0 aromatic heterocycles. The van der Waals surface area contributed by atoms with Gasteiger partial charge in [-0.25, -0.2) is 0 Å². The predicted octanol–water partition coefficient (Wildman–Crippen LogP) is 5.22. The van der Waals surface area contributed by atoms with Crippen molar-refractivity contribution in [3.05, 3.63) is 59.7 Å². The smallest absolute Gasteiger partial charge is 0.255 e. The van der Waals surface area contributed by atoms with Crippen LogP contribution in [0.15, 0.2) is 48.5 Å². The summed E-state index contributed by atoms with van der Waals surface area (Å²) in [5, 5.41) is 5.73. The number of hydrogen-bond acceptors (Lipinski definition) is 2. The highest BCUT2D eigenvalue weighted by Crippen LogP contribution is 2.22. The molecular weight excluding hydrogens is 324 g/mol. The lowest BCUT2D eigenvalue weighted by Gasteiger charge is -2.19. The summed E-state index contributed by atoms with van der Waals surface area (Å²) < 4.78 is 0. The first-order valence-corrected chi connectivity index (χ1v) is 8.97. The molecule has 0 unspecified atom stereocenters. The molecule has 0 aliphatic rings. The highest BCUT2D eigenvalue weighted by molar-refractivity contribution is 6.04. The van der Waals surface area contributed by atoms with Crippen molar-refractivity contribution in [2.75, 3.05) is 10.6 Å². The zero-order valence-electron chi connectivity index (χ0n) is 16.2. The number of carbonyl (C=O) groups is 2. The van der Waals surface area contributed by atoms with Crippen molar-refractivity contribution in [3.63, 3.8) is 0 Å². The fourth-order valence-corrected chi connectivity index (χ4v) is 2.54. The van der Waals surface area contributed by atoms with E-state index in [-0.39, 0.29) is 17.2 Å². The highest BCUT2D eigenvalue weighted by atomic mass is 16.2. The second-order valence-corrected chi connectivity index (χ2v) is 8.00. The van der Waals surface area contributed by atoms with Crippen LogP contribution >= 0.6 is 0 Å². The highest BCUT2D eigenvalue weighted by Gasteiger charge is 2.14. The summed E-state index contributed by atoms with van der Waals surface area (Å²) in [6.07, 6.45) is 0.489. The van der Waals surface area contributed by atoms with E-state index >= 15 is 0 Å². The summed E-state index contributed by atoms with van der Waals surface area (Å²) in [4.78, 5) is 24.2. The maximum absolute atomic E-state index is 12.4. The molecule has 0 fully saturated rings. The van der Waals surface area contributed by atoms with Crippen molar-refractivity contribution < 1.29 is 9.59 Å². The molecule has 0 atom stereocenters. The quantitative estimate of drug-likeness (QED) is 0.775. The molecule has 0 spiro atoms. The largest absolute Gasteiger partial charge is 0.326 e. The van der Waals surface area contributed by atoms with Gasteiger partial charge in [-0.05, 0) is 53.3 Å². The number of amides is 2. The van der Waals surface area contributed by atoms with Crippen LogP contribution in [0.4, 0.5) is 11.4 Å². The molecule has 4 heteroatoms. The number of nitrogens with one attached hydrogen (secondary N) is 2. The van der Waals surface area contributed by atoms with E-state index < -0.39 is 0 Å². The fourth-order valence-electron chi connectivity index (χ4n) is 2.54. The number of anilines is 2. The molecule has 2 N–H and O–H groups in total. The van der Waals surface area contributed by atoms with E-state index in [4.69, 9.17) is 0 Å². The third kappa shape index (κ3) is 5.73. The molecule has 2 aromatic rings. The van der Waals surface area contributed by atoms with Gasteiger partial charge in [0, 0.05) is 23.4 Å². The Morgan fingerprint density at radius 1 is 0.846 bits per heavy atom. The summed E-state index contributed by atoms with van der Waals surface area (Å²) in [5.74, 6) is 0.163. The van der Waals surface area contributed by atoms with Gasteiger partial charge in [0.15, 0.2) is 0 Å². The van der Waals surface area contributed by atoms with Gasteiger partial charge in [0.1, 0.15) is 0 Å². The first kappa shape index (κ1) is 19.7. The van der Waals surface area contributed by atoms with Crippen LogP contribution in [0, 0.1) is 5.92 Å². The van der Waals surface area contributed by atoms with Crippen LogP contribution in [0.25, 0.3) is 0 Å². The molecule has 0 bridgehead atoms. The molecular formula is C22H28N2O2. The number of carbonyl (C=O) groups excluding carboxylic acids is 2. The van der Waals surface area contributed by atoms with Gasteiger partial charge in [-0.2, -0.15) is 0 Å². The Balaban J connectivity index is 1.98. The van der Waals surface area contributed by atoms with Crippen LogP contribution in [-0.2, 0) is 10.2 Å². The SMILES string of the molecule is CC(C)CC(=O)Nc1ccc(NC(=O)c2ccc(C(C)(C)C)cc2)cc1. The van der Waals surface area contributed by atoms with E-state index in [1.165, 1.54) is 5.56 Å². The van der Waals surface area contributed by atoms with Gasteiger partial charge in [-0.3, -0.25) is 9.59 Å². The van der Waals surface area contributed by atoms with E-state index in [1.54, 1.807) is 24.3 Å². The van der Waals surface area contributed by atoms with Crippen molar-refractivity contribution in [2.45, 2.75) is 46.5 Å². The Kier molecular flexibility index (Phi) is 6.19. The lowest BCUT2D eigenvalue weighted by molar-refractivity contribution is -0.116. The molecule has 4 nitrogen and oxygen atoms in total. The van der Waals surface area contributed by atoms with Crippen LogP contribution in [0.3, 0.4) is 0 Å². The van der Waals surface area contributed by atoms with Crippen LogP contribution in [0.1, 0.15) is 57.0 Å². The number of benzene rings is 2. The molecule has 2 amide bonds. The number of hydrogen-bond donors (Lipinski definition) is 2. The van der Waals surface area contributed by atoms with Gasteiger partial charge < -0.3 is 10.6 Å². The van der Waals surface area contributed by atoms with E-state index in [0.717, 1.165) is 5.69 Å². The Morgan fingerprint density at radius 2 is 1.35 bits per heavy atom. The second-order valence-electron chi connectivity index (χ2n) is 8.00. The van der Waals surface area contributed by atoms with Crippen LogP contribution in [0.5, 0.6) is 0 Å². The average molecular weight is 352 g/mol. The zero-order valence-corrected chi connectivity index (χ0v) is 16.2. The number of rotatable bonds is 5. The fraction of sp³-hybridized carbons (Fsp3) is 0.364. The third-order valence-corrected chi connectivity index (χ3v) is 4.03. The molecule has 0 radical (unpaired) electrons. The van der Waals surface area contributed by atoms with Crippen molar-refractivity contribution in [2.24, 2.45) is 5.92 Å². The predicted molar refractivity (Wildman–Crippen MR) is 108 cm³/mol. The minimum atomic E-state index is -0.151. The second kappa shape index (κ2) is 8.17. The molecule has 0 aliphatic carbocycles. The summed E-state index contributed by atoms with van der Waals surface area (Å²) >= 11 is 0. The molecule has 26 heavy (non-hydrogen) atoms. The minimum Gasteiger partial charge on any atom is -0.326 e. The van der Waals surface area contributed by atoms with E-state index in [1.807, 2.05) is 38.1 Å². The Labute approximate surface area is 156 Å². The van der Waals surface area contributed by atoms with Crippen molar-refractivity contribution in [3.8, 4) is 0 Å². The van der Waals surface area contributed by atoms with Gasteiger partial charge in [-0.15, -0.1) is 0 Å². The summed E-state index contributed by atoms with van der Waals surface area (Å²) in [7, 11) is 0. The molecule has 0 heterocycles. The van der Waals surface area contributed by atoms with Gasteiger partial charge in [0.2, 0.25) is 5.91 Å². The summed E-state index contributed by atoms with van der Waals surface area (Å²) in [5.41, 5.74) is 3.29. The van der Waals surface area contributed by atoms with E-state index in [9.17, 15) is 9.59 Å². The molecule has 2 rings (SSSR count). The molecule has 2 aromatic carbocycles. The Hall–Kier alpha value is -2.62. The lowest BCUT2D eigenvalue weighted by Crippen LogP contribution is -2.15. The summed E-state index contributed by atoms with van der Waals surface area (Å²) in [6, 6.07) is 14.8. The minimum absolute atomic E-state index is 0.00396. The first-order chi connectivity index (χ1) is 12.1. The maximum atomic E-state index is 12.4. The molecule has 138 valence electrons. The third-order valence-electron chi connectivity index (χ3n) is 4.03. The van der Waals surface area contributed by atoms with Crippen molar-refractivity contribution in [1.82, 2.24) is 0 Å². The topological polar surface area (TPSA) is 58.2 Å². The molecule has 0 saturated heterocycles. The van der Waals surface area contributed by atoms with Gasteiger partial charge in [0.25, 0.3) is 5.91 Å². The Bertz CT molecular complexity index is 754. The van der Waals surface area contributed by atoms with Gasteiger partial charge in [0.05, 0.1) is 0 Å². The maximum Gasteiger partial charge on any atom is 0.255 e. The van der Waals surface area contributed by atoms with E-state index in [2.05, 4.69) is 31.4 Å². The first-order valence-electron chi connectivity index (χ1n) is 8.97. The summed E-state index contributed by atoms with van der Waals surface area (Å²) in [6.45, 7) is 10.4. The van der Waals surface area contributed by atoms with Crippen LogP contribution in [0.2, 0.25) is 0 Å². The van der Waals surface area contributed by atoms with E-state index in [0.29, 0.717) is 23.6 Å². The Morgan fingerprint density at radius 3 is 1.81 bits per heavy atom. The average Bonchev–Trinajstić information content (AvgIpc) is 2.55. The van der Waals surface area contributed by atoms with Crippen LogP contribution in [-0.4, -0.2) is 11.8 Å². The van der Waals surface area contributed by atoms with Crippen LogP contribution < -0.4 is 10.6 Å². The molecule has 0 saturated carbocycles. The molecule has 0 aliphatic heterocycles. The van der Waals surface area contributed by atoms with Crippen molar-refractivity contribution in [1.29, 1.82) is 0 Å². The zero-order chi connectivity index (χ0) is 19.3. The lowest BCUT2D eigenvalue weighted by atomic mass is 9.87. The monoisotopic (exact) mass is 352 g/mol.